The topological polar surface area (TPSA) is 122 Å². The quantitative estimate of drug-likeness (QED) is 0.563. The lowest BCUT2D eigenvalue weighted by atomic mass is 9.79. The number of methoxy groups -OCH3 is 1. The van der Waals surface area contributed by atoms with Crippen molar-refractivity contribution in [2.75, 3.05) is 26.7 Å². The minimum Gasteiger partial charge on any atom is -0.497 e. The fraction of sp³-hybridized carbons (Fsp3) is 0.458. The lowest BCUT2D eigenvalue weighted by Gasteiger charge is -2.36. The van der Waals surface area contributed by atoms with Crippen LogP contribution < -0.4 is 10.1 Å². The first-order valence-corrected chi connectivity index (χ1v) is 11.1. The minimum absolute atomic E-state index is 0.0484. The average molecular weight is 455 g/mol. The van der Waals surface area contributed by atoms with Crippen LogP contribution in [-0.2, 0) is 20.8 Å². The van der Waals surface area contributed by atoms with Gasteiger partial charge in [-0.2, -0.15) is 0 Å². The van der Waals surface area contributed by atoms with E-state index in [4.69, 9.17) is 9.84 Å². The summed E-state index contributed by atoms with van der Waals surface area (Å²) >= 11 is 0. The maximum atomic E-state index is 13.0. The predicted octanol–water partition coefficient (Wildman–Crippen LogP) is 2.03. The number of carbonyl (C=O) groups is 3. The van der Waals surface area contributed by atoms with Crippen molar-refractivity contribution in [2.24, 2.45) is 5.92 Å². The maximum absolute atomic E-state index is 13.0. The molecule has 1 fully saturated rings. The van der Waals surface area contributed by atoms with Gasteiger partial charge in [-0.3, -0.25) is 24.4 Å². The molecule has 1 aromatic carbocycles. The third-order valence-corrected chi connectivity index (χ3v) is 5.97. The number of carboxylic acids is 1. The molecular weight excluding hydrogens is 424 g/mol. The number of aromatic nitrogens is 2. The number of aryl methyl sites for hydroxylation is 1. The first kappa shape index (κ1) is 24.2. The number of hydrogen-bond acceptors (Lipinski definition) is 6. The number of nitrogens with one attached hydrogen (secondary N) is 1. The highest BCUT2D eigenvalue weighted by molar-refractivity contribution is 5.84. The predicted molar refractivity (Wildman–Crippen MR) is 121 cm³/mol. The van der Waals surface area contributed by atoms with Crippen molar-refractivity contribution in [3.8, 4) is 5.75 Å². The highest BCUT2D eigenvalue weighted by atomic mass is 16.5. The van der Waals surface area contributed by atoms with Gasteiger partial charge < -0.3 is 20.1 Å². The SMILES string of the molecule is COc1ccc([C@@H](C(=O)NCCC(=O)O)C2CCN(C(=O)CCc3cnccn3)CC2)cc1. The molecule has 3 rings (SSSR count). The Morgan fingerprint density at radius 1 is 1.15 bits per heavy atom. The van der Waals surface area contributed by atoms with E-state index in [0.29, 0.717) is 44.5 Å². The van der Waals surface area contributed by atoms with Crippen LogP contribution in [0, 0.1) is 5.92 Å². The largest absolute Gasteiger partial charge is 0.497 e. The first-order chi connectivity index (χ1) is 16.0. The van der Waals surface area contributed by atoms with E-state index >= 15 is 0 Å². The molecule has 0 radical (unpaired) electrons. The van der Waals surface area contributed by atoms with Crippen LogP contribution in [0.2, 0.25) is 0 Å². The van der Waals surface area contributed by atoms with E-state index in [1.54, 1.807) is 25.7 Å². The van der Waals surface area contributed by atoms with Crippen LogP contribution >= 0.6 is 0 Å². The van der Waals surface area contributed by atoms with Crippen LogP contribution in [0.15, 0.2) is 42.9 Å². The molecular formula is C24H30N4O5. The van der Waals surface area contributed by atoms with Gasteiger partial charge in [-0.1, -0.05) is 12.1 Å². The van der Waals surface area contributed by atoms with E-state index in [9.17, 15) is 14.4 Å². The van der Waals surface area contributed by atoms with Crippen LogP contribution in [0.3, 0.4) is 0 Å². The molecule has 33 heavy (non-hydrogen) atoms. The van der Waals surface area contributed by atoms with Gasteiger partial charge in [0.25, 0.3) is 0 Å². The second-order valence-corrected chi connectivity index (χ2v) is 8.10. The molecule has 0 unspecified atom stereocenters. The summed E-state index contributed by atoms with van der Waals surface area (Å²) in [6, 6.07) is 7.38. The maximum Gasteiger partial charge on any atom is 0.305 e. The summed E-state index contributed by atoms with van der Waals surface area (Å²) in [5, 5.41) is 11.6. The molecule has 0 spiro atoms. The Balaban J connectivity index is 1.61. The van der Waals surface area contributed by atoms with Crippen molar-refractivity contribution in [1.82, 2.24) is 20.2 Å². The molecule has 1 aromatic heterocycles. The normalized spacial score (nSPS) is 15.0. The van der Waals surface area contributed by atoms with E-state index in [0.717, 1.165) is 11.3 Å². The summed E-state index contributed by atoms with van der Waals surface area (Å²) in [7, 11) is 1.59. The lowest BCUT2D eigenvalue weighted by molar-refractivity contribution is -0.137. The highest BCUT2D eigenvalue weighted by Gasteiger charge is 2.33. The molecule has 2 amide bonds. The Kier molecular flexibility index (Phi) is 8.74. The van der Waals surface area contributed by atoms with Crippen LogP contribution in [0.25, 0.3) is 0 Å². The first-order valence-electron chi connectivity index (χ1n) is 11.1. The smallest absolute Gasteiger partial charge is 0.305 e. The van der Waals surface area contributed by atoms with E-state index < -0.39 is 11.9 Å². The number of hydrogen-bond donors (Lipinski definition) is 2. The average Bonchev–Trinajstić information content (AvgIpc) is 2.84. The Labute approximate surface area is 193 Å². The van der Waals surface area contributed by atoms with Crippen LogP contribution in [-0.4, -0.2) is 64.5 Å². The number of amides is 2. The molecule has 0 aliphatic carbocycles. The van der Waals surface area contributed by atoms with Crippen molar-refractivity contribution in [2.45, 2.75) is 38.0 Å². The van der Waals surface area contributed by atoms with Crippen molar-refractivity contribution in [1.29, 1.82) is 0 Å². The lowest BCUT2D eigenvalue weighted by Crippen LogP contribution is -2.43. The molecule has 0 saturated carbocycles. The summed E-state index contributed by atoms with van der Waals surface area (Å²) < 4.78 is 5.22. The number of piperidine rings is 1. The van der Waals surface area contributed by atoms with Gasteiger partial charge in [-0.15, -0.1) is 0 Å². The third-order valence-electron chi connectivity index (χ3n) is 5.97. The van der Waals surface area contributed by atoms with Gasteiger partial charge in [0, 0.05) is 44.6 Å². The number of nitrogens with zero attached hydrogens (tertiary/aromatic N) is 3. The van der Waals surface area contributed by atoms with Gasteiger partial charge in [0.15, 0.2) is 0 Å². The molecule has 1 aliphatic rings. The van der Waals surface area contributed by atoms with Gasteiger partial charge in [0.1, 0.15) is 5.75 Å². The van der Waals surface area contributed by atoms with Crippen molar-refractivity contribution < 1.29 is 24.2 Å². The highest BCUT2D eigenvalue weighted by Crippen LogP contribution is 2.34. The standard InChI is InChI=1S/C24H30N4O5/c1-33-20-5-2-17(3-6-20)23(24(32)27-11-8-22(30)31)18-9-14-28(15-10-18)21(29)7-4-19-16-25-12-13-26-19/h2-3,5-6,12-13,16,18,23H,4,7-11,14-15H2,1H3,(H,27,32)(H,30,31)/t23-/m1/s1. The Bertz CT molecular complexity index is 928. The van der Waals surface area contributed by atoms with Gasteiger partial charge >= 0.3 is 5.97 Å². The Morgan fingerprint density at radius 2 is 1.88 bits per heavy atom. The number of benzene rings is 1. The monoisotopic (exact) mass is 454 g/mol. The molecule has 9 heteroatoms. The Hall–Kier alpha value is -3.49. The molecule has 2 heterocycles. The summed E-state index contributed by atoms with van der Waals surface area (Å²) in [5.41, 5.74) is 1.65. The number of ether oxygens (including phenoxy) is 1. The molecule has 1 atom stereocenters. The summed E-state index contributed by atoms with van der Waals surface area (Å²) in [6.07, 6.45) is 7.08. The van der Waals surface area contributed by atoms with Crippen LogP contribution in [0.5, 0.6) is 5.75 Å². The third kappa shape index (κ3) is 7.00. The zero-order valence-electron chi connectivity index (χ0n) is 18.8. The van der Waals surface area contributed by atoms with E-state index in [-0.39, 0.29) is 30.7 Å². The van der Waals surface area contributed by atoms with Gasteiger partial charge in [-0.25, -0.2) is 0 Å². The second kappa shape index (κ2) is 11.9. The van der Waals surface area contributed by atoms with Gasteiger partial charge in [0.05, 0.1) is 25.1 Å². The molecule has 176 valence electrons. The Morgan fingerprint density at radius 3 is 2.48 bits per heavy atom. The summed E-state index contributed by atoms with van der Waals surface area (Å²) in [4.78, 5) is 46.6. The molecule has 1 aliphatic heterocycles. The molecule has 9 nitrogen and oxygen atoms in total. The van der Waals surface area contributed by atoms with Gasteiger partial charge in [-0.05, 0) is 42.9 Å². The number of carbonyl (C=O) groups excluding carboxylic acids is 2. The summed E-state index contributed by atoms with van der Waals surface area (Å²) in [5.74, 6) is -0.731. The van der Waals surface area contributed by atoms with E-state index in [1.807, 2.05) is 29.2 Å². The number of likely N-dealkylation sites (tertiary alicyclic amines) is 1. The molecule has 1 saturated heterocycles. The minimum atomic E-state index is -0.954. The fourth-order valence-corrected chi connectivity index (χ4v) is 4.19. The molecule has 2 aromatic rings. The van der Waals surface area contributed by atoms with Crippen molar-refractivity contribution in [3.63, 3.8) is 0 Å². The van der Waals surface area contributed by atoms with E-state index in [1.165, 1.54) is 0 Å². The zero-order valence-corrected chi connectivity index (χ0v) is 18.8. The van der Waals surface area contributed by atoms with Crippen LogP contribution in [0.1, 0.15) is 42.9 Å². The van der Waals surface area contributed by atoms with E-state index in [2.05, 4.69) is 15.3 Å². The van der Waals surface area contributed by atoms with Crippen molar-refractivity contribution >= 4 is 17.8 Å². The number of rotatable bonds is 10. The molecule has 0 bridgehead atoms. The molecule has 2 N–H and O–H groups in total. The zero-order chi connectivity index (χ0) is 23.6. The van der Waals surface area contributed by atoms with Gasteiger partial charge in [0.2, 0.25) is 11.8 Å². The number of aliphatic carboxylic acids is 1. The van der Waals surface area contributed by atoms with Crippen molar-refractivity contribution in [3.05, 3.63) is 54.1 Å². The fourth-order valence-electron chi connectivity index (χ4n) is 4.19. The summed E-state index contributed by atoms with van der Waals surface area (Å²) in [6.45, 7) is 1.25. The second-order valence-electron chi connectivity index (χ2n) is 8.10. The number of carboxylic acid groups (broad SMARTS) is 1. The van der Waals surface area contributed by atoms with Crippen LogP contribution in [0.4, 0.5) is 0 Å².